The second-order valence-corrected chi connectivity index (χ2v) is 9.04. The van der Waals surface area contributed by atoms with Gasteiger partial charge in [0.2, 0.25) is 0 Å². The summed E-state index contributed by atoms with van der Waals surface area (Å²) in [5, 5.41) is 22.0. The number of Topliss-reactive ketones (excluding diaryl/α,β-unsaturated/α-hetero) is 1. The number of carbonyl (C=O) groups is 1. The SMILES string of the molecule is CC(=O)c1c(C)nn(-c2cc(Nc3c(C)c(-c4ccc(C#N)cc4)nn3CC3CC3)ncn2)c1C. The highest BCUT2D eigenvalue weighted by Crippen LogP contribution is 2.35. The number of carbonyl (C=O) groups excluding carboxylic acids is 1. The summed E-state index contributed by atoms with van der Waals surface area (Å²) in [6.07, 6.45) is 3.90. The van der Waals surface area contributed by atoms with Crippen molar-refractivity contribution in [3.63, 3.8) is 0 Å². The number of rotatable bonds is 7. The van der Waals surface area contributed by atoms with Crippen molar-refractivity contribution in [2.45, 2.75) is 47.1 Å². The predicted molar refractivity (Wildman–Crippen MR) is 132 cm³/mol. The summed E-state index contributed by atoms with van der Waals surface area (Å²) in [4.78, 5) is 20.9. The zero-order valence-corrected chi connectivity index (χ0v) is 20.2. The molecule has 1 aliphatic carbocycles. The Labute approximate surface area is 203 Å². The molecule has 1 aromatic carbocycles. The van der Waals surface area contributed by atoms with E-state index in [2.05, 4.69) is 26.5 Å². The average molecular weight is 467 g/mol. The number of nitriles is 1. The smallest absolute Gasteiger partial charge is 0.163 e. The van der Waals surface area contributed by atoms with E-state index in [9.17, 15) is 4.79 Å². The van der Waals surface area contributed by atoms with Crippen LogP contribution >= 0.6 is 0 Å². The van der Waals surface area contributed by atoms with E-state index in [-0.39, 0.29) is 5.78 Å². The molecule has 9 nitrogen and oxygen atoms in total. The molecule has 1 aliphatic rings. The van der Waals surface area contributed by atoms with Gasteiger partial charge in [-0.1, -0.05) is 12.1 Å². The van der Waals surface area contributed by atoms with Crippen molar-refractivity contribution in [2.75, 3.05) is 5.32 Å². The van der Waals surface area contributed by atoms with Gasteiger partial charge in [0.1, 0.15) is 18.0 Å². The van der Waals surface area contributed by atoms with Crippen molar-refractivity contribution >= 4 is 17.4 Å². The molecular weight excluding hydrogens is 440 g/mol. The third-order valence-corrected chi connectivity index (χ3v) is 6.36. The van der Waals surface area contributed by atoms with Crippen LogP contribution in [0.3, 0.4) is 0 Å². The summed E-state index contributed by atoms with van der Waals surface area (Å²) in [6, 6.07) is 11.4. The molecule has 1 N–H and O–H groups in total. The van der Waals surface area contributed by atoms with Crippen LogP contribution in [-0.4, -0.2) is 35.3 Å². The van der Waals surface area contributed by atoms with Gasteiger partial charge in [0, 0.05) is 23.7 Å². The summed E-state index contributed by atoms with van der Waals surface area (Å²) >= 11 is 0. The van der Waals surface area contributed by atoms with Gasteiger partial charge in [-0.25, -0.2) is 19.3 Å². The Morgan fingerprint density at radius 2 is 1.89 bits per heavy atom. The fraction of sp³-hybridized carbons (Fsp3) is 0.308. The Kier molecular flexibility index (Phi) is 5.65. The van der Waals surface area contributed by atoms with Crippen LogP contribution in [0, 0.1) is 38.0 Å². The highest BCUT2D eigenvalue weighted by atomic mass is 16.1. The van der Waals surface area contributed by atoms with Gasteiger partial charge in [-0.15, -0.1) is 0 Å². The molecule has 0 bridgehead atoms. The van der Waals surface area contributed by atoms with Gasteiger partial charge in [0.15, 0.2) is 11.6 Å². The first-order valence-electron chi connectivity index (χ1n) is 11.6. The molecule has 0 radical (unpaired) electrons. The molecule has 9 heteroatoms. The third-order valence-electron chi connectivity index (χ3n) is 6.36. The zero-order chi connectivity index (χ0) is 24.7. The number of aromatic nitrogens is 6. The highest BCUT2D eigenvalue weighted by molar-refractivity contribution is 5.96. The van der Waals surface area contributed by atoms with Crippen molar-refractivity contribution < 1.29 is 4.79 Å². The van der Waals surface area contributed by atoms with E-state index in [4.69, 9.17) is 10.4 Å². The molecule has 0 unspecified atom stereocenters. The van der Waals surface area contributed by atoms with Crippen LogP contribution in [0.2, 0.25) is 0 Å². The molecule has 0 amide bonds. The lowest BCUT2D eigenvalue weighted by Gasteiger charge is -2.11. The van der Waals surface area contributed by atoms with Crippen molar-refractivity contribution in [3.8, 4) is 23.1 Å². The van der Waals surface area contributed by atoms with E-state index in [1.54, 1.807) is 11.6 Å². The molecule has 5 rings (SSSR count). The fourth-order valence-corrected chi connectivity index (χ4v) is 4.39. The zero-order valence-electron chi connectivity index (χ0n) is 20.2. The van der Waals surface area contributed by atoms with Crippen LogP contribution < -0.4 is 5.32 Å². The lowest BCUT2D eigenvalue weighted by molar-refractivity contribution is 0.101. The maximum absolute atomic E-state index is 12.0. The van der Waals surface area contributed by atoms with Gasteiger partial charge in [0.25, 0.3) is 0 Å². The minimum Gasteiger partial charge on any atom is -0.325 e. The summed E-state index contributed by atoms with van der Waals surface area (Å²) in [5.74, 6) is 2.67. The van der Waals surface area contributed by atoms with Crippen LogP contribution in [0.5, 0.6) is 0 Å². The number of aryl methyl sites for hydroxylation is 1. The normalized spacial score (nSPS) is 13.0. The van der Waals surface area contributed by atoms with Gasteiger partial charge < -0.3 is 5.32 Å². The molecule has 1 saturated carbocycles. The van der Waals surface area contributed by atoms with Gasteiger partial charge >= 0.3 is 0 Å². The van der Waals surface area contributed by atoms with Gasteiger partial charge in [0.05, 0.1) is 34.3 Å². The molecule has 0 atom stereocenters. The molecule has 3 heterocycles. The van der Waals surface area contributed by atoms with E-state index in [0.717, 1.165) is 34.9 Å². The lowest BCUT2D eigenvalue weighted by atomic mass is 10.1. The maximum atomic E-state index is 12.0. The molecular formula is C26H26N8O. The number of benzene rings is 1. The van der Waals surface area contributed by atoms with E-state index in [1.807, 2.05) is 55.8 Å². The van der Waals surface area contributed by atoms with E-state index >= 15 is 0 Å². The first-order valence-corrected chi connectivity index (χ1v) is 11.6. The first-order chi connectivity index (χ1) is 16.9. The minimum absolute atomic E-state index is 0.0198. The molecule has 176 valence electrons. The Hall–Kier alpha value is -4.32. The molecule has 0 aliphatic heterocycles. The highest BCUT2D eigenvalue weighted by Gasteiger charge is 2.26. The Morgan fingerprint density at radius 3 is 2.51 bits per heavy atom. The van der Waals surface area contributed by atoms with Crippen molar-refractivity contribution in [1.29, 1.82) is 5.26 Å². The number of nitrogens with zero attached hydrogens (tertiary/aromatic N) is 7. The monoisotopic (exact) mass is 466 g/mol. The van der Waals surface area contributed by atoms with Crippen LogP contribution in [0.15, 0.2) is 36.7 Å². The standard InChI is InChI=1S/C26H26N8O/c1-15-25(21-9-7-19(12-27)8-10-21)32-33(13-20-5-6-20)26(15)30-22-11-23(29-14-28-22)34-17(3)24(18(4)35)16(2)31-34/h7-11,14,20H,5-6,13H2,1-4H3,(H,28,29,30). The van der Waals surface area contributed by atoms with Crippen LogP contribution in [0.25, 0.3) is 17.1 Å². The fourth-order valence-electron chi connectivity index (χ4n) is 4.39. The first kappa shape index (κ1) is 22.5. The van der Waals surface area contributed by atoms with Crippen molar-refractivity contribution in [1.82, 2.24) is 29.5 Å². The van der Waals surface area contributed by atoms with Crippen LogP contribution in [-0.2, 0) is 6.54 Å². The van der Waals surface area contributed by atoms with E-state index in [0.29, 0.717) is 34.4 Å². The molecule has 3 aromatic heterocycles. The van der Waals surface area contributed by atoms with E-state index < -0.39 is 0 Å². The summed E-state index contributed by atoms with van der Waals surface area (Å²) < 4.78 is 3.69. The van der Waals surface area contributed by atoms with Crippen LogP contribution in [0.4, 0.5) is 11.6 Å². The van der Waals surface area contributed by atoms with Crippen molar-refractivity contribution in [3.05, 3.63) is 64.7 Å². The summed E-state index contributed by atoms with van der Waals surface area (Å²) in [5.41, 5.74) is 5.49. The third kappa shape index (κ3) is 4.30. The molecule has 0 spiro atoms. The summed E-state index contributed by atoms with van der Waals surface area (Å²) in [7, 11) is 0. The average Bonchev–Trinajstić information content (AvgIpc) is 3.55. The number of anilines is 2. The lowest BCUT2D eigenvalue weighted by Crippen LogP contribution is -2.09. The minimum atomic E-state index is -0.0198. The number of hydrogen-bond acceptors (Lipinski definition) is 7. The van der Waals surface area contributed by atoms with Gasteiger partial charge in [-0.2, -0.15) is 15.5 Å². The van der Waals surface area contributed by atoms with Crippen molar-refractivity contribution in [2.24, 2.45) is 5.92 Å². The van der Waals surface area contributed by atoms with E-state index in [1.165, 1.54) is 19.2 Å². The van der Waals surface area contributed by atoms with Gasteiger partial charge in [-0.3, -0.25) is 4.79 Å². The molecule has 4 aromatic rings. The summed E-state index contributed by atoms with van der Waals surface area (Å²) in [6.45, 7) is 8.10. The molecule has 0 saturated heterocycles. The number of nitrogens with one attached hydrogen (secondary N) is 1. The maximum Gasteiger partial charge on any atom is 0.163 e. The number of hydrogen-bond donors (Lipinski definition) is 1. The quantitative estimate of drug-likeness (QED) is 0.393. The second-order valence-electron chi connectivity index (χ2n) is 9.04. The topological polar surface area (TPSA) is 114 Å². The Bertz CT molecular complexity index is 1470. The molecule has 35 heavy (non-hydrogen) atoms. The van der Waals surface area contributed by atoms with Crippen LogP contribution in [0.1, 0.15) is 52.6 Å². The Balaban J connectivity index is 1.51. The largest absolute Gasteiger partial charge is 0.325 e. The predicted octanol–water partition coefficient (Wildman–Crippen LogP) is 4.68. The second kappa shape index (κ2) is 8.80. The molecule has 1 fully saturated rings. The Morgan fingerprint density at radius 1 is 1.14 bits per heavy atom. The number of ketones is 1. The van der Waals surface area contributed by atoms with Gasteiger partial charge in [-0.05, 0) is 58.6 Å².